The molecule has 0 amide bonds. The zero-order chi connectivity index (χ0) is 14.0. The summed E-state index contributed by atoms with van der Waals surface area (Å²) in [6.45, 7) is 1.93. The lowest BCUT2D eigenvalue weighted by Crippen LogP contribution is -2.00. The van der Waals surface area contributed by atoms with Crippen molar-refractivity contribution in [2.75, 3.05) is 12.0 Å². The van der Waals surface area contributed by atoms with Gasteiger partial charge >= 0.3 is 0 Å². The molecule has 0 aliphatic carbocycles. The number of hydrogen-bond donors (Lipinski definition) is 1. The third kappa shape index (κ3) is 3.06. The highest BCUT2D eigenvalue weighted by atomic mass is 32.2. The Morgan fingerprint density at radius 1 is 1.05 bits per heavy atom. The average Bonchev–Trinajstić information content (AvgIpc) is 2.33. The molecule has 2 N–H and O–H groups in total. The molecular weight excluding hydrogens is 262 g/mol. The molecule has 0 aliphatic rings. The highest BCUT2D eigenvalue weighted by Crippen LogP contribution is 2.30. The zero-order valence-electron chi connectivity index (χ0n) is 10.8. The molecule has 0 heterocycles. The quantitative estimate of drug-likeness (QED) is 0.876. The maximum absolute atomic E-state index is 11.4. The summed E-state index contributed by atoms with van der Waals surface area (Å²) in [6.07, 6.45) is 1.14. The molecular formula is C14H15NO3S. The normalized spacial score (nSPS) is 11.3. The first-order valence-corrected chi connectivity index (χ1v) is 7.60. The number of ether oxygens (including phenoxy) is 1. The molecule has 2 aromatic carbocycles. The van der Waals surface area contributed by atoms with E-state index in [2.05, 4.69) is 0 Å². The van der Waals surface area contributed by atoms with Gasteiger partial charge in [-0.1, -0.05) is 18.2 Å². The number of aryl methyl sites for hydroxylation is 1. The lowest BCUT2D eigenvalue weighted by Gasteiger charge is -2.11. The standard InChI is InChI=1S/C14H15NO3S/c1-10-5-3-4-6-13(10)18-14-8-7-11(9-12(14)15)19(2,16)17/h3-9H,15H2,1-2H3. The van der Waals surface area contributed by atoms with Crippen molar-refractivity contribution in [3.8, 4) is 11.5 Å². The van der Waals surface area contributed by atoms with E-state index in [1.807, 2.05) is 31.2 Å². The fourth-order valence-corrected chi connectivity index (χ4v) is 2.30. The molecule has 2 rings (SSSR count). The van der Waals surface area contributed by atoms with Crippen LogP contribution in [0.5, 0.6) is 11.5 Å². The van der Waals surface area contributed by atoms with Gasteiger partial charge in [0.2, 0.25) is 0 Å². The number of para-hydroxylation sites is 1. The highest BCUT2D eigenvalue weighted by Gasteiger charge is 2.11. The summed E-state index contributed by atoms with van der Waals surface area (Å²) < 4.78 is 28.5. The van der Waals surface area contributed by atoms with Gasteiger partial charge in [0.25, 0.3) is 0 Å². The van der Waals surface area contributed by atoms with Crippen LogP contribution in [0.4, 0.5) is 5.69 Å². The van der Waals surface area contributed by atoms with Gasteiger partial charge in [0.05, 0.1) is 10.6 Å². The van der Waals surface area contributed by atoms with Gasteiger partial charge < -0.3 is 10.5 Å². The van der Waals surface area contributed by atoms with E-state index in [9.17, 15) is 8.42 Å². The van der Waals surface area contributed by atoms with Crippen LogP contribution in [0.2, 0.25) is 0 Å². The third-order valence-corrected chi connectivity index (χ3v) is 3.83. The fraction of sp³-hybridized carbons (Fsp3) is 0.143. The van der Waals surface area contributed by atoms with Gasteiger partial charge in [0.1, 0.15) is 11.5 Å². The Balaban J connectivity index is 2.36. The summed E-state index contributed by atoms with van der Waals surface area (Å²) in [5, 5.41) is 0. The first-order chi connectivity index (χ1) is 8.88. The lowest BCUT2D eigenvalue weighted by atomic mass is 10.2. The highest BCUT2D eigenvalue weighted by molar-refractivity contribution is 7.90. The molecule has 0 unspecified atom stereocenters. The second-order valence-corrected chi connectivity index (χ2v) is 6.36. The minimum atomic E-state index is -3.26. The van der Waals surface area contributed by atoms with Crippen molar-refractivity contribution in [2.45, 2.75) is 11.8 Å². The molecule has 0 bridgehead atoms. The van der Waals surface area contributed by atoms with Crippen LogP contribution in [0.15, 0.2) is 47.4 Å². The summed E-state index contributed by atoms with van der Waals surface area (Å²) >= 11 is 0. The predicted octanol–water partition coefficient (Wildman–Crippen LogP) is 2.77. The van der Waals surface area contributed by atoms with Gasteiger partial charge in [0.15, 0.2) is 9.84 Å². The van der Waals surface area contributed by atoms with E-state index in [0.29, 0.717) is 17.2 Å². The Kier molecular flexibility index (Phi) is 3.48. The van der Waals surface area contributed by atoms with Crippen molar-refractivity contribution in [2.24, 2.45) is 0 Å². The lowest BCUT2D eigenvalue weighted by molar-refractivity contribution is 0.481. The molecule has 19 heavy (non-hydrogen) atoms. The van der Waals surface area contributed by atoms with Gasteiger partial charge in [-0.15, -0.1) is 0 Å². The van der Waals surface area contributed by atoms with Crippen molar-refractivity contribution in [1.82, 2.24) is 0 Å². The summed E-state index contributed by atoms with van der Waals surface area (Å²) in [4.78, 5) is 0.183. The Bertz CT molecular complexity index is 708. The smallest absolute Gasteiger partial charge is 0.175 e. The van der Waals surface area contributed by atoms with Crippen molar-refractivity contribution < 1.29 is 13.2 Å². The molecule has 100 valence electrons. The maximum atomic E-state index is 11.4. The first-order valence-electron chi connectivity index (χ1n) is 5.71. The Morgan fingerprint density at radius 3 is 2.32 bits per heavy atom. The van der Waals surface area contributed by atoms with E-state index < -0.39 is 9.84 Å². The largest absolute Gasteiger partial charge is 0.455 e. The van der Waals surface area contributed by atoms with Gasteiger partial charge in [-0.2, -0.15) is 0 Å². The number of rotatable bonds is 3. The molecule has 5 heteroatoms. The van der Waals surface area contributed by atoms with E-state index >= 15 is 0 Å². The maximum Gasteiger partial charge on any atom is 0.175 e. The molecule has 0 spiro atoms. The van der Waals surface area contributed by atoms with Crippen molar-refractivity contribution >= 4 is 15.5 Å². The van der Waals surface area contributed by atoms with Crippen LogP contribution < -0.4 is 10.5 Å². The van der Waals surface area contributed by atoms with E-state index in [4.69, 9.17) is 10.5 Å². The number of hydrogen-bond acceptors (Lipinski definition) is 4. The molecule has 2 aromatic rings. The number of benzene rings is 2. The van der Waals surface area contributed by atoms with Crippen LogP contribution >= 0.6 is 0 Å². The van der Waals surface area contributed by atoms with Crippen LogP contribution in [-0.2, 0) is 9.84 Å². The molecule has 0 aromatic heterocycles. The molecule has 0 radical (unpaired) electrons. The predicted molar refractivity (Wildman–Crippen MR) is 75.2 cm³/mol. The van der Waals surface area contributed by atoms with Gasteiger partial charge in [0, 0.05) is 6.26 Å². The molecule has 0 saturated heterocycles. The van der Waals surface area contributed by atoms with E-state index in [-0.39, 0.29) is 4.90 Å². The van der Waals surface area contributed by atoms with E-state index in [1.165, 1.54) is 12.1 Å². The third-order valence-electron chi connectivity index (χ3n) is 2.72. The van der Waals surface area contributed by atoms with Crippen molar-refractivity contribution in [1.29, 1.82) is 0 Å². The van der Waals surface area contributed by atoms with Crippen LogP contribution in [0.3, 0.4) is 0 Å². The fourth-order valence-electron chi connectivity index (χ4n) is 1.64. The van der Waals surface area contributed by atoms with E-state index in [1.54, 1.807) is 6.07 Å². The average molecular weight is 277 g/mol. The van der Waals surface area contributed by atoms with Gasteiger partial charge in [-0.05, 0) is 36.8 Å². The van der Waals surface area contributed by atoms with Crippen LogP contribution in [-0.4, -0.2) is 14.7 Å². The van der Waals surface area contributed by atoms with Gasteiger partial charge in [-0.25, -0.2) is 8.42 Å². The summed E-state index contributed by atoms with van der Waals surface area (Å²) in [7, 11) is -3.26. The summed E-state index contributed by atoms with van der Waals surface area (Å²) in [5.74, 6) is 1.14. The van der Waals surface area contributed by atoms with E-state index in [0.717, 1.165) is 11.8 Å². The topological polar surface area (TPSA) is 69.4 Å². The Labute approximate surface area is 112 Å². The molecule has 0 fully saturated rings. The first kappa shape index (κ1) is 13.4. The Hall–Kier alpha value is -2.01. The SMILES string of the molecule is Cc1ccccc1Oc1ccc(S(C)(=O)=O)cc1N. The molecule has 0 saturated carbocycles. The van der Waals surface area contributed by atoms with Crippen LogP contribution in [0, 0.1) is 6.92 Å². The molecule has 0 aliphatic heterocycles. The zero-order valence-corrected chi connectivity index (χ0v) is 11.6. The monoisotopic (exact) mass is 277 g/mol. The number of sulfone groups is 1. The summed E-state index contributed by atoms with van der Waals surface area (Å²) in [5.41, 5.74) is 7.10. The second kappa shape index (κ2) is 4.93. The minimum absolute atomic E-state index is 0.183. The number of nitrogens with two attached hydrogens (primary N) is 1. The number of nitrogen functional groups attached to an aromatic ring is 1. The van der Waals surface area contributed by atoms with Gasteiger partial charge in [-0.3, -0.25) is 0 Å². The van der Waals surface area contributed by atoms with Crippen LogP contribution in [0.25, 0.3) is 0 Å². The second-order valence-electron chi connectivity index (χ2n) is 4.34. The van der Waals surface area contributed by atoms with Crippen LogP contribution in [0.1, 0.15) is 5.56 Å². The molecule has 0 atom stereocenters. The minimum Gasteiger partial charge on any atom is -0.455 e. The van der Waals surface area contributed by atoms with Crippen molar-refractivity contribution in [3.63, 3.8) is 0 Å². The number of anilines is 1. The molecule has 4 nitrogen and oxygen atoms in total. The summed E-state index contributed by atoms with van der Waals surface area (Å²) in [6, 6.07) is 12.0. The Morgan fingerprint density at radius 2 is 1.74 bits per heavy atom. The van der Waals surface area contributed by atoms with Crippen molar-refractivity contribution in [3.05, 3.63) is 48.0 Å².